The molecule has 1 heterocycles. The smallest absolute Gasteiger partial charge is 0.319 e. The fraction of sp³-hybridized carbons (Fsp3) is 0.833. The molecule has 1 aliphatic carbocycles. The molecule has 5 nitrogen and oxygen atoms in total. The molecule has 0 bridgehead atoms. The first-order chi connectivity index (χ1) is 8.12. The van der Waals surface area contributed by atoms with Crippen LogP contribution in [0.2, 0.25) is 0 Å². The van der Waals surface area contributed by atoms with Crippen LogP contribution in [0.4, 0.5) is 0 Å². The molecule has 2 aliphatic rings. The Morgan fingerprint density at radius 3 is 2.65 bits per heavy atom. The van der Waals surface area contributed by atoms with Crippen LogP contribution in [0.15, 0.2) is 0 Å². The lowest BCUT2D eigenvalue weighted by atomic mass is 9.67. The summed E-state index contributed by atoms with van der Waals surface area (Å²) in [4.78, 5) is 25.4. The minimum Gasteiger partial charge on any atom is -0.480 e. The zero-order valence-corrected chi connectivity index (χ0v) is 10.1. The molecule has 1 atom stereocenters. The minimum atomic E-state index is -1.13. The van der Waals surface area contributed by atoms with Gasteiger partial charge >= 0.3 is 5.97 Å². The molecule has 2 rings (SSSR count). The summed E-state index contributed by atoms with van der Waals surface area (Å²) in [5.74, 6) is -1.17. The van der Waals surface area contributed by atoms with Gasteiger partial charge in [0.25, 0.3) is 0 Å². The molecular formula is C12H19NO4. The van der Waals surface area contributed by atoms with E-state index in [0.717, 1.165) is 12.8 Å². The van der Waals surface area contributed by atoms with E-state index in [2.05, 4.69) is 0 Å². The van der Waals surface area contributed by atoms with Crippen molar-refractivity contribution in [1.82, 2.24) is 4.90 Å². The summed E-state index contributed by atoms with van der Waals surface area (Å²) in [6, 6.07) is 0.0353. The number of ether oxygens (including phenoxy) is 1. The van der Waals surface area contributed by atoms with Crippen LogP contribution in [0, 0.1) is 5.41 Å². The number of hydrogen-bond donors (Lipinski definition) is 1. The SMILES string of the molecule is CCC1COCCN1C(=O)C1(C(=O)O)CCC1. The highest BCUT2D eigenvalue weighted by atomic mass is 16.5. The van der Waals surface area contributed by atoms with E-state index >= 15 is 0 Å². The van der Waals surface area contributed by atoms with Crippen molar-refractivity contribution in [3.05, 3.63) is 0 Å². The number of carbonyl (C=O) groups excluding carboxylic acids is 1. The lowest BCUT2D eigenvalue weighted by molar-refractivity contribution is -0.172. The van der Waals surface area contributed by atoms with Crippen molar-refractivity contribution in [3.8, 4) is 0 Å². The van der Waals surface area contributed by atoms with E-state index in [9.17, 15) is 14.7 Å². The molecule has 2 fully saturated rings. The third-order valence-electron chi connectivity index (χ3n) is 3.99. The predicted molar refractivity (Wildman–Crippen MR) is 60.5 cm³/mol. The number of hydrogen-bond acceptors (Lipinski definition) is 3. The Hall–Kier alpha value is -1.10. The van der Waals surface area contributed by atoms with Crippen molar-refractivity contribution in [2.75, 3.05) is 19.8 Å². The summed E-state index contributed by atoms with van der Waals surface area (Å²) in [5, 5.41) is 9.27. The number of amides is 1. The fourth-order valence-electron chi connectivity index (χ4n) is 2.58. The molecule has 0 aromatic heterocycles. The summed E-state index contributed by atoms with van der Waals surface area (Å²) in [6.45, 7) is 3.55. The Kier molecular flexibility index (Phi) is 3.38. The Bertz CT molecular complexity index is 324. The standard InChI is InChI=1S/C12H19NO4/c1-2-9-8-17-7-6-13(9)10(14)12(11(15)16)4-3-5-12/h9H,2-8H2,1H3,(H,15,16). The maximum atomic E-state index is 12.4. The number of aliphatic carboxylic acids is 1. The van der Waals surface area contributed by atoms with Gasteiger partial charge in [-0.25, -0.2) is 0 Å². The highest BCUT2D eigenvalue weighted by Gasteiger charge is 2.53. The van der Waals surface area contributed by atoms with E-state index in [4.69, 9.17) is 4.74 Å². The van der Waals surface area contributed by atoms with E-state index in [-0.39, 0.29) is 11.9 Å². The molecule has 1 unspecified atom stereocenters. The summed E-state index contributed by atoms with van der Waals surface area (Å²) in [6.07, 6.45) is 2.60. The van der Waals surface area contributed by atoms with Crippen LogP contribution in [0.5, 0.6) is 0 Å². The number of carboxylic acid groups (broad SMARTS) is 1. The molecule has 1 amide bonds. The largest absolute Gasteiger partial charge is 0.480 e. The molecule has 1 N–H and O–H groups in total. The van der Waals surface area contributed by atoms with Gasteiger partial charge in [0.15, 0.2) is 0 Å². The second-order valence-corrected chi connectivity index (χ2v) is 4.88. The Morgan fingerprint density at radius 1 is 1.47 bits per heavy atom. The highest BCUT2D eigenvalue weighted by Crippen LogP contribution is 2.43. The third kappa shape index (κ3) is 1.92. The van der Waals surface area contributed by atoms with Crippen molar-refractivity contribution < 1.29 is 19.4 Å². The predicted octanol–water partition coefficient (Wildman–Crippen LogP) is 0.879. The minimum absolute atomic E-state index is 0.0353. The zero-order valence-electron chi connectivity index (χ0n) is 10.1. The van der Waals surface area contributed by atoms with Gasteiger partial charge in [-0.1, -0.05) is 13.3 Å². The topological polar surface area (TPSA) is 66.8 Å². The van der Waals surface area contributed by atoms with Crippen LogP contribution < -0.4 is 0 Å². The number of carboxylic acids is 1. The molecule has 1 saturated heterocycles. The maximum Gasteiger partial charge on any atom is 0.319 e. The van der Waals surface area contributed by atoms with Gasteiger partial charge in [0.2, 0.25) is 5.91 Å². The number of nitrogens with zero attached hydrogens (tertiary/aromatic N) is 1. The van der Waals surface area contributed by atoms with E-state index in [1.807, 2.05) is 6.92 Å². The molecule has 17 heavy (non-hydrogen) atoms. The van der Waals surface area contributed by atoms with E-state index < -0.39 is 11.4 Å². The van der Waals surface area contributed by atoms with Crippen molar-refractivity contribution >= 4 is 11.9 Å². The van der Waals surface area contributed by atoms with Crippen LogP contribution in [-0.2, 0) is 14.3 Å². The van der Waals surface area contributed by atoms with Gasteiger partial charge in [-0.3, -0.25) is 9.59 Å². The summed E-state index contributed by atoms with van der Waals surface area (Å²) in [7, 11) is 0. The number of carbonyl (C=O) groups is 2. The Morgan fingerprint density at radius 2 is 2.18 bits per heavy atom. The molecule has 1 aliphatic heterocycles. The monoisotopic (exact) mass is 241 g/mol. The first-order valence-electron chi connectivity index (χ1n) is 6.24. The molecule has 1 saturated carbocycles. The quantitative estimate of drug-likeness (QED) is 0.745. The van der Waals surface area contributed by atoms with Gasteiger partial charge < -0.3 is 14.7 Å². The van der Waals surface area contributed by atoms with Crippen molar-refractivity contribution in [2.45, 2.75) is 38.6 Å². The van der Waals surface area contributed by atoms with Crippen molar-refractivity contribution in [2.24, 2.45) is 5.41 Å². The van der Waals surface area contributed by atoms with Gasteiger partial charge in [-0.2, -0.15) is 0 Å². The maximum absolute atomic E-state index is 12.4. The molecule has 0 spiro atoms. The summed E-state index contributed by atoms with van der Waals surface area (Å²) in [5.41, 5.74) is -1.13. The van der Waals surface area contributed by atoms with Gasteiger partial charge in [-0.05, 0) is 19.3 Å². The molecule has 0 radical (unpaired) electrons. The van der Waals surface area contributed by atoms with Gasteiger partial charge in [-0.15, -0.1) is 0 Å². The number of rotatable bonds is 3. The van der Waals surface area contributed by atoms with Crippen LogP contribution in [-0.4, -0.2) is 47.7 Å². The van der Waals surface area contributed by atoms with E-state index in [1.165, 1.54) is 0 Å². The van der Waals surface area contributed by atoms with Gasteiger partial charge in [0, 0.05) is 6.54 Å². The average Bonchev–Trinajstić information content (AvgIpc) is 2.26. The first-order valence-corrected chi connectivity index (χ1v) is 6.24. The fourth-order valence-corrected chi connectivity index (χ4v) is 2.58. The number of morpholine rings is 1. The lowest BCUT2D eigenvalue weighted by Gasteiger charge is -2.44. The summed E-state index contributed by atoms with van der Waals surface area (Å²) < 4.78 is 5.34. The molecule has 0 aromatic rings. The van der Waals surface area contributed by atoms with Crippen LogP contribution in [0.25, 0.3) is 0 Å². The van der Waals surface area contributed by atoms with Gasteiger partial charge in [0.1, 0.15) is 5.41 Å². The third-order valence-corrected chi connectivity index (χ3v) is 3.99. The molecule has 96 valence electrons. The zero-order chi connectivity index (χ0) is 12.5. The highest BCUT2D eigenvalue weighted by molar-refractivity contribution is 6.03. The van der Waals surface area contributed by atoms with E-state index in [1.54, 1.807) is 4.90 Å². The normalized spacial score (nSPS) is 27.4. The van der Waals surface area contributed by atoms with Crippen LogP contribution in [0.1, 0.15) is 32.6 Å². The second-order valence-electron chi connectivity index (χ2n) is 4.88. The second kappa shape index (κ2) is 4.64. The molecular weight excluding hydrogens is 222 g/mol. The lowest BCUT2D eigenvalue weighted by Crippen LogP contribution is -2.58. The van der Waals surface area contributed by atoms with Crippen molar-refractivity contribution in [1.29, 1.82) is 0 Å². The summed E-state index contributed by atoms with van der Waals surface area (Å²) >= 11 is 0. The Labute approximate surface area is 101 Å². The van der Waals surface area contributed by atoms with Crippen LogP contribution >= 0.6 is 0 Å². The average molecular weight is 241 g/mol. The molecule has 0 aromatic carbocycles. The van der Waals surface area contributed by atoms with Crippen LogP contribution in [0.3, 0.4) is 0 Å². The van der Waals surface area contributed by atoms with Crippen molar-refractivity contribution in [3.63, 3.8) is 0 Å². The van der Waals surface area contributed by atoms with Gasteiger partial charge in [0.05, 0.1) is 19.3 Å². The first kappa shape index (κ1) is 12.4. The Balaban J connectivity index is 2.15. The van der Waals surface area contributed by atoms with E-state index in [0.29, 0.717) is 32.6 Å². The molecule has 5 heteroatoms.